The molecule has 0 saturated carbocycles. The Morgan fingerprint density at radius 2 is 1.96 bits per heavy atom. The first-order chi connectivity index (χ1) is 11.5. The van der Waals surface area contributed by atoms with Crippen LogP contribution in [0.1, 0.15) is 38.3 Å². The van der Waals surface area contributed by atoms with Gasteiger partial charge in [0.25, 0.3) is 0 Å². The molecule has 2 aromatic rings. The third kappa shape index (κ3) is 4.74. The quantitative estimate of drug-likeness (QED) is 0.537. The number of carbonyl (C=O) groups is 1. The molecule has 0 aliphatic heterocycles. The lowest BCUT2D eigenvalue weighted by Crippen LogP contribution is -2.12. The normalized spacial score (nSPS) is 12.0. The van der Waals surface area contributed by atoms with Gasteiger partial charge in [-0.1, -0.05) is 29.5 Å². The van der Waals surface area contributed by atoms with Crippen LogP contribution in [0.2, 0.25) is 0 Å². The van der Waals surface area contributed by atoms with E-state index in [1.807, 2.05) is 49.6 Å². The topological polar surface area (TPSA) is 66.2 Å². The monoisotopic (exact) mass is 349 g/mol. The Balaban J connectivity index is 2.06. The summed E-state index contributed by atoms with van der Waals surface area (Å²) in [6.45, 7) is 8.87. The highest BCUT2D eigenvalue weighted by Gasteiger charge is 2.19. The van der Waals surface area contributed by atoms with Crippen molar-refractivity contribution in [2.75, 3.05) is 12.4 Å². The van der Waals surface area contributed by atoms with Crippen molar-refractivity contribution >= 4 is 17.7 Å². The number of benzene rings is 1. The summed E-state index contributed by atoms with van der Waals surface area (Å²) in [5.74, 6) is 1.50. The predicted octanol–water partition coefficient (Wildman–Crippen LogP) is 3.40. The minimum Gasteiger partial charge on any atom is -0.483 e. The van der Waals surface area contributed by atoms with Crippen LogP contribution in [0.4, 0.5) is 0 Å². The van der Waals surface area contributed by atoms with E-state index in [1.165, 1.54) is 17.3 Å². The Bertz CT molecular complexity index is 670. The van der Waals surface area contributed by atoms with E-state index in [1.54, 1.807) is 6.92 Å². The van der Waals surface area contributed by atoms with Crippen molar-refractivity contribution in [2.24, 2.45) is 0 Å². The predicted molar refractivity (Wildman–Crippen MR) is 93.3 cm³/mol. The molecule has 130 valence electrons. The van der Waals surface area contributed by atoms with Gasteiger partial charge in [-0.2, -0.15) is 0 Å². The zero-order chi connectivity index (χ0) is 17.5. The van der Waals surface area contributed by atoms with Crippen LogP contribution < -0.4 is 4.74 Å². The molecular weight excluding hydrogens is 326 g/mol. The zero-order valence-electron chi connectivity index (χ0n) is 14.5. The number of carbonyl (C=O) groups excluding carboxylic acids is 1. The lowest BCUT2D eigenvalue weighted by atomic mass is 10.2. The number of hydrogen-bond donors (Lipinski definition) is 0. The van der Waals surface area contributed by atoms with Crippen LogP contribution in [0.15, 0.2) is 29.4 Å². The molecule has 0 saturated heterocycles. The molecule has 1 unspecified atom stereocenters. The molecule has 0 radical (unpaired) electrons. The number of aromatic nitrogens is 3. The summed E-state index contributed by atoms with van der Waals surface area (Å²) in [7, 11) is 0. The zero-order valence-corrected chi connectivity index (χ0v) is 15.3. The van der Waals surface area contributed by atoms with E-state index in [4.69, 9.17) is 9.47 Å². The maximum Gasteiger partial charge on any atom is 0.316 e. The van der Waals surface area contributed by atoms with Crippen LogP contribution in [0, 0.1) is 6.92 Å². The van der Waals surface area contributed by atoms with Crippen molar-refractivity contribution in [1.82, 2.24) is 14.8 Å². The van der Waals surface area contributed by atoms with Crippen molar-refractivity contribution in [3.05, 3.63) is 35.7 Å². The standard InChI is InChI=1S/C17H23N3O3S/c1-5-20-16(13(4)23-14-9-7-12(3)8-10-14)18-19-17(20)24-11-15(21)22-6-2/h7-10,13H,5-6,11H2,1-4H3. The van der Waals surface area contributed by atoms with Crippen molar-refractivity contribution in [1.29, 1.82) is 0 Å². The number of ether oxygens (including phenoxy) is 2. The van der Waals surface area contributed by atoms with Gasteiger partial charge >= 0.3 is 5.97 Å². The fraction of sp³-hybridized carbons (Fsp3) is 0.471. The van der Waals surface area contributed by atoms with Crippen LogP contribution in [-0.4, -0.2) is 33.1 Å². The Kier molecular flexibility index (Phi) is 6.66. The molecule has 1 aromatic carbocycles. The van der Waals surface area contributed by atoms with Gasteiger partial charge < -0.3 is 14.0 Å². The van der Waals surface area contributed by atoms with E-state index in [9.17, 15) is 4.79 Å². The molecule has 1 aromatic heterocycles. The van der Waals surface area contributed by atoms with Gasteiger partial charge in [0.05, 0.1) is 12.4 Å². The number of esters is 1. The van der Waals surface area contributed by atoms with E-state index < -0.39 is 0 Å². The molecule has 6 nitrogen and oxygen atoms in total. The number of aryl methyl sites for hydroxylation is 1. The Hall–Kier alpha value is -2.02. The Morgan fingerprint density at radius 3 is 2.58 bits per heavy atom. The number of thioether (sulfide) groups is 1. The first-order valence-corrected chi connectivity index (χ1v) is 8.98. The maximum atomic E-state index is 11.5. The first-order valence-electron chi connectivity index (χ1n) is 8.00. The van der Waals surface area contributed by atoms with E-state index in [2.05, 4.69) is 10.2 Å². The lowest BCUT2D eigenvalue weighted by Gasteiger charge is -2.15. The molecule has 0 aliphatic rings. The van der Waals surface area contributed by atoms with Gasteiger partial charge in [0.15, 0.2) is 17.1 Å². The fourth-order valence-electron chi connectivity index (χ4n) is 2.20. The average molecular weight is 349 g/mol. The lowest BCUT2D eigenvalue weighted by molar-refractivity contribution is -0.139. The van der Waals surface area contributed by atoms with Crippen molar-refractivity contribution in [2.45, 2.75) is 45.5 Å². The van der Waals surface area contributed by atoms with E-state index in [0.29, 0.717) is 18.3 Å². The maximum absolute atomic E-state index is 11.5. The minimum atomic E-state index is -0.251. The summed E-state index contributed by atoms with van der Waals surface area (Å²) in [6.07, 6.45) is -0.239. The van der Waals surface area contributed by atoms with Crippen molar-refractivity contribution in [3.8, 4) is 5.75 Å². The molecule has 0 N–H and O–H groups in total. The van der Waals surface area contributed by atoms with Crippen LogP contribution in [0.5, 0.6) is 5.75 Å². The SMILES string of the molecule is CCOC(=O)CSc1nnc(C(C)Oc2ccc(C)cc2)n1CC. The molecule has 0 amide bonds. The van der Waals surface area contributed by atoms with E-state index in [-0.39, 0.29) is 17.8 Å². The molecule has 2 rings (SSSR count). The van der Waals surface area contributed by atoms with Gasteiger partial charge in [-0.05, 0) is 39.8 Å². The summed E-state index contributed by atoms with van der Waals surface area (Å²) >= 11 is 1.33. The van der Waals surface area contributed by atoms with Crippen LogP contribution in [-0.2, 0) is 16.1 Å². The second kappa shape index (κ2) is 8.73. The summed E-state index contributed by atoms with van der Waals surface area (Å²) in [5, 5.41) is 9.12. The van der Waals surface area contributed by atoms with Crippen LogP contribution >= 0.6 is 11.8 Å². The first kappa shape index (κ1) is 18.3. The minimum absolute atomic E-state index is 0.221. The smallest absolute Gasteiger partial charge is 0.316 e. The summed E-state index contributed by atoms with van der Waals surface area (Å²) in [5.41, 5.74) is 1.18. The van der Waals surface area contributed by atoms with Crippen molar-refractivity contribution in [3.63, 3.8) is 0 Å². The van der Waals surface area contributed by atoms with Crippen LogP contribution in [0.25, 0.3) is 0 Å². The fourth-order valence-corrected chi connectivity index (χ4v) is 3.01. The van der Waals surface area contributed by atoms with Gasteiger partial charge in [0.2, 0.25) is 0 Å². The average Bonchev–Trinajstić information content (AvgIpc) is 2.98. The third-order valence-electron chi connectivity index (χ3n) is 3.38. The highest BCUT2D eigenvalue weighted by Crippen LogP contribution is 2.24. The molecule has 7 heteroatoms. The van der Waals surface area contributed by atoms with Gasteiger partial charge in [0, 0.05) is 6.54 Å². The van der Waals surface area contributed by atoms with Gasteiger partial charge in [-0.15, -0.1) is 10.2 Å². The van der Waals surface area contributed by atoms with Gasteiger partial charge in [-0.3, -0.25) is 4.79 Å². The molecule has 24 heavy (non-hydrogen) atoms. The summed E-state index contributed by atoms with van der Waals surface area (Å²) < 4.78 is 12.9. The highest BCUT2D eigenvalue weighted by atomic mass is 32.2. The Morgan fingerprint density at radius 1 is 1.25 bits per heavy atom. The third-order valence-corrected chi connectivity index (χ3v) is 4.32. The van der Waals surface area contributed by atoms with Gasteiger partial charge in [-0.25, -0.2) is 0 Å². The molecule has 0 aliphatic carbocycles. The molecule has 0 bridgehead atoms. The molecule has 0 spiro atoms. The van der Waals surface area contributed by atoms with E-state index >= 15 is 0 Å². The Labute approximate surface area is 146 Å². The number of rotatable bonds is 8. The summed E-state index contributed by atoms with van der Waals surface area (Å²) in [6, 6.07) is 7.89. The van der Waals surface area contributed by atoms with Gasteiger partial charge in [0.1, 0.15) is 5.75 Å². The highest BCUT2D eigenvalue weighted by molar-refractivity contribution is 7.99. The summed E-state index contributed by atoms with van der Waals surface area (Å²) in [4.78, 5) is 11.5. The number of hydrogen-bond acceptors (Lipinski definition) is 6. The molecular formula is C17H23N3O3S. The molecule has 0 fully saturated rings. The van der Waals surface area contributed by atoms with Crippen LogP contribution in [0.3, 0.4) is 0 Å². The molecule has 1 heterocycles. The second-order valence-corrected chi connectivity index (χ2v) is 6.19. The molecule has 1 atom stereocenters. The second-order valence-electron chi connectivity index (χ2n) is 5.25. The van der Waals surface area contributed by atoms with E-state index in [0.717, 1.165) is 11.6 Å². The van der Waals surface area contributed by atoms with Crippen molar-refractivity contribution < 1.29 is 14.3 Å². The number of nitrogens with zero attached hydrogens (tertiary/aromatic N) is 3. The largest absolute Gasteiger partial charge is 0.483 e.